The van der Waals surface area contributed by atoms with Crippen LogP contribution in [0.4, 0.5) is 0 Å². The monoisotopic (exact) mass is 111 g/mol. The zero-order valence-electron chi connectivity index (χ0n) is 4.65. The Bertz CT molecular complexity index is 130. The van der Waals surface area contributed by atoms with Gasteiger partial charge in [-0.25, -0.2) is 0 Å². The molecule has 0 amide bonds. The largest absolute Gasteiger partial charge is 0.367 e. The van der Waals surface area contributed by atoms with E-state index in [1.807, 2.05) is 0 Å². The summed E-state index contributed by atoms with van der Waals surface area (Å²) in [5.74, 6) is 1.14. The van der Waals surface area contributed by atoms with Gasteiger partial charge in [0, 0.05) is 6.54 Å². The molecule has 2 N–H and O–H groups in total. The molecular formula is C5H9N3. The van der Waals surface area contributed by atoms with Crippen LogP contribution in [0.3, 0.4) is 0 Å². The highest BCUT2D eigenvalue weighted by Crippen LogP contribution is 1.97. The number of amidine groups is 1. The molecular weight excluding hydrogens is 102 g/mol. The number of fused-ring (bicyclic) bond motifs is 2. The first kappa shape index (κ1) is 4.32. The molecule has 0 aromatic carbocycles. The minimum atomic E-state index is 0.596. The van der Waals surface area contributed by atoms with Crippen LogP contribution >= 0.6 is 0 Å². The number of hydrogen-bond donors (Lipinski definition) is 2. The van der Waals surface area contributed by atoms with E-state index in [0.717, 1.165) is 25.5 Å². The Hall–Kier alpha value is -0.570. The van der Waals surface area contributed by atoms with Gasteiger partial charge in [-0.3, -0.25) is 4.99 Å². The van der Waals surface area contributed by atoms with Gasteiger partial charge in [0.1, 0.15) is 5.84 Å². The molecule has 3 heteroatoms. The van der Waals surface area contributed by atoms with Crippen molar-refractivity contribution in [2.45, 2.75) is 6.04 Å². The maximum Gasteiger partial charge on any atom is 0.111 e. The van der Waals surface area contributed by atoms with E-state index in [4.69, 9.17) is 0 Å². The molecule has 0 aliphatic carbocycles. The van der Waals surface area contributed by atoms with Gasteiger partial charge in [-0.05, 0) is 0 Å². The van der Waals surface area contributed by atoms with E-state index in [1.165, 1.54) is 0 Å². The number of piperazine rings is 1. The molecule has 3 nitrogen and oxygen atoms in total. The van der Waals surface area contributed by atoms with E-state index in [1.54, 1.807) is 0 Å². The molecule has 0 radical (unpaired) electrons. The van der Waals surface area contributed by atoms with Gasteiger partial charge >= 0.3 is 0 Å². The lowest BCUT2D eigenvalue weighted by atomic mass is 10.3. The van der Waals surface area contributed by atoms with Crippen molar-refractivity contribution in [3.63, 3.8) is 0 Å². The van der Waals surface area contributed by atoms with Crippen molar-refractivity contribution >= 4 is 5.84 Å². The topological polar surface area (TPSA) is 36.4 Å². The minimum absolute atomic E-state index is 0.596. The van der Waals surface area contributed by atoms with Gasteiger partial charge in [0.05, 0.1) is 19.1 Å². The van der Waals surface area contributed by atoms with Gasteiger partial charge in [-0.1, -0.05) is 0 Å². The zero-order valence-corrected chi connectivity index (χ0v) is 4.65. The van der Waals surface area contributed by atoms with Gasteiger partial charge in [-0.2, -0.15) is 0 Å². The second kappa shape index (κ2) is 1.45. The van der Waals surface area contributed by atoms with E-state index >= 15 is 0 Å². The zero-order chi connectivity index (χ0) is 5.40. The third-order valence-electron chi connectivity index (χ3n) is 1.56. The maximum absolute atomic E-state index is 4.24. The van der Waals surface area contributed by atoms with Crippen LogP contribution in [-0.4, -0.2) is 31.5 Å². The number of hydrogen-bond acceptors (Lipinski definition) is 3. The molecule has 2 heterocycles. The fraction of sp³-hybridized carbons (Fsp3) is 0.800. The Labute approximate surface area is 48.2 Å². The van der Waals surface area contributed by atoms with E-state index in [-0.39, 0.29) is 0 Å². The van der Waals surface area contributed by atoms with Crippen molar-refractivity contribution in [3.8, 4) is 0 Å². The summed E-state index contributed by atoms with van der Waals surface area (Å²) in [6.07, 6.45) is 0. The van der Waals surface area contributed by atoms with E-state index in [2.05, 4.69) is 15.6 Å². The first-order valence-electron chi connectivity index (χ1n) is 2.96. The molecule has 0 aromatic rings. The summed E-state index contributed by atoms with van der Waals surface area (Å²) in [6, 6.07) is 0.596. The van der Waals surface area contributed by atoms with Crippen LogP contribution in [0.5, 0.6) is 0 Å². The average molecular weight is 111 g/mol. The normalized spacial score (nSPS) is 34.0. The number of aliphatic imine (C=N–C) groups is 1. The molecule has 1 atom stereocenters. The van der Waals surface area contributed by atoms with Crippen LogP contribution in [0.1, 0.15) is 0 Å². The molecule has 2 aliphatic rings. The van der Waals surface area contributed by atoms with Crippen molar-refractivity contribution in [3.05, 3.63) is 0 Å². The van der Waals surface area contributed by atoms with Crippen LogP contribution < -0.4 is 10.6 Å². The lowest BCUT2D eigenvalue weighted by molar-refractivity contribution is 0.567. The SMILES string of the molecule is C1NCC2CN=C1N2. The molecule has 1 fully saturated rings. The molecule has 0 saturated carbocycles. The summed E-state index contributed by atoms with van der Waals surface area (Å²) < 4.78 is 0. The lowest BCUT2D eigenvalue weighted by Gasteiger charge is -2.17. The Kier molecular flexibility index (Phi) is 0.784. The van der Waals surface area contributed by atoms with Gasteiger partial charge < -0.3 is 10.6 Å². The van der Waals surface area contributed by atoms with Gasteiger partial charge in [0.15, 0.2) is 0 Å². The average Bonchev–Trinajstić information content (AvgIpc) is 2.12. The summed E-state index contributed by atoms with van der Waals surface area (Å²) in [5.41, 5.74) is 0. The Morgan fingerprint density at radius 2 is 2.62 bits per heavy atom. The summed E-state index contributed by atoms with van der Waals surface area (Å²) >= 11 is 0. The molecule has 0 spiro atoms. The third kappa shape index (κ3) is 0.512. The van der Waals surface area contributed by atoms with Crippen LogP contribution in [-0.2, 0) is 0 Å². The highest BCUT2D eigenvalue weighted by molar-refractivity contribution is 5.86. The molecule has 8 heavy (non-hydrogen) atoms. The number of nitrogens with zero attached hydrogens (tertiary/aromatic N) is 1. The van der Waals surface area contributed by atoms with E-state index < -0.39 is 0 Å². The highest BCUT2D eigenvalue weighted by atomic mass is 15.2. The van der Waals surface area contributed by atoms with E-state index in [9.17, 15) is 0 Å². The summed E-state index contributed by atoms with van der Waals surface area (Å²) in [7, 11) is 0. The highest BCUT2D eigenvalue weighted by Gasteiger charge is 2.20. The van der Waals surface area contributed by atoms with Crippen LogP contribution in [0, 0.1) is 0 Å². The fourth-order valence-corrected chi connectivity index (χ4v) is 1.13. The van der Waals surface area contributed by atoms with E-state index in [0.29, 0.717) is 6.04 Å². The van der Waals surface area contributed by atoms with Crippen LogP contribution in [0.25, 0.3) is 0 Å². The fourth-order valence-electron chi connectivity index (χ4n) is 1.13. The summed E-state index contributed by atoms with van der Waals surface area (Å²) in [6.45, 7) is 2.99. The van der Waals surface area contributed by atoms with Gasteiger partial charge in [0.2, 0.25) is 0 Å². The smallest absolute Gasteiger partial charge is 0.111 e. The standard InChI is InChI=1S/C5H9N3/c1-4-2-7-5(8-4)3-6-1/h4,6H,1-3H2,(H,7,8). The Balaban J connectivity index is 2.15. The maximum atomic E-state index is 4.24. The Morgan fingerprint density at radius 1 is 1.62 bits per heavy atom. The summed E-state index contributed by atoms with van der Waals surface area (Å²) in [4.78, 5) is 4.24. The van der Waals surface area contributed by atoms with Crippen molar-refractivity contribution in [2.24, 2.45) is 4.99 Å². The van der Waals surface area contributed by atoms with Crippen molar-refractivity contribution in [2.75, 3.05) is 19.6 Å². The van der Waals surface area contributed by atoms with Crippen molar-refractivity contribution < 1.29 is 0 Å². The first-order valence-corrected chi connectivity index (χ1v) is 2.96. The molecule has 2 rings (SSSR count). The quantitative estimate of drug-likeness (QED) is 0.419. The lowest BCUT2D eigenvalue weighted by Crippen LogP contribution is -2.48. The molecule has 0 aromatic heterocycles. The number of nitrogens with one attached hydrogen (secondary N) is 2. The predicted octanol–water partition coefficient (Wildman–Crippen LogP) is -1.04. The molecule has 2 bridgehead atoms. The number of rotatable bonds is 0. The second-order valence-corrected chi connectivity index (χ2v) is 2.26. The second-order valence-electron chi connectivity index (χ2n) is 2.26. The first-order chi connectivity index (χ1) is 3.95. The molecule has 2 aliphatic heterocycles. The van der Waals surface area contributed by atoms with Crippen molar-refractivity contribution in [1.82, 2.24) is 10.6 Å². The van der Waals surface area contributed by atoms with Crippen LogP contribution in [0.15, 0.2) is 4.99 Å². The van der Waals surface area contributed by atoms with Crippen molar-refractivity contribution in [1.29, 1.82) is 0 Å². The van der Waals surface area contributed by atoms with Gasteiger partial charge in [-0.15, -0.1) is 0 Å². The molecule has 1 saturated heterocycles. The summed E-state index contributed by atoms with van der Waals surface area (Å²) in [5, 5.41) is 6.53. The van der Waals surface area contributed by atoms with Crippen LogP contribution in [0.2, 0.25) is 0 Å². The minimum Gasteiger partial charge on any atom is -0.367 e. The molecule has 1 unspecified atom stereocenters. The predicted molar refractivity (Wildman–Crippen MR) is 32.1 cm³/mol. The molecule has 44 valence electrons. The third-order valence-corrected chi connectivity index (χ3v) is 1.56. The van der Waals surface area contributed by atoms with Gasteiger partial charge in [0.25, 0.3) is 0 Å². The Morgan fingerprint density at radius 3 is 3.38 bits per heavy atom.